The van der Waals surface area contributed by atoms with E-state index < -0.39 is 0 Å². The number of nitrogens with two attached hydrogens (primary N) is 1. The molecule has 4 nitrogen and oxygen atoms in total. The van der Waals surface area contributed by atoms with Crippen LogP contribution in [-0.2, 0) is 4.79 Å². The molecule has 1 heterocycles. The minimum Gasteiger partial charge on any atom is -0.347 e. The third kappa shape index (κ3) is 5.27. The predicted molar refractivity (Wildman–Crippen MR) is 101 cm³/mol. The number of pyridine rings is 1. The first-order valence-corrected chi connectivity index (χ1v) is 10.2. The van der Waals surface area contributed by atoms with Crippen LogP contribution in [-0.4, -0.2) is 17.4 Å². The van der Waals surface area contributed by atoms with Crippen molar-refractivity contribution in [1.82, 2.24) is 10.3 Å². The zero-order valence-corrected chi connectivity index (χ0v) is 15.3. The lowest BCUT2D eigenvalue weighted by Crippen LogP contribution is -2.36. The van der Waals surface area contributed by atoms with Crippen molar-refractivity contribution in [2.24, 2.45) is 23.5 Å². The van der Waals surface area contributed by atoms with Crippen molar-refractivity contribution in [1.29, 1.82) is 0 Å². The highest BCUT2D eigenvalue weighted by atomic mass is 16.1. The Bertz CT molecular complexity index is 519. The Morgan fingerprint density at radius 3 is 2.52 bits per heavy atom. The van der Waals surface area contributed by atoms with Gasteiger partial charge in [0.25, 0.3) is 0 Å². The van der Waals surface area contributed by atoms with Gasteiger partial charge in [0.2, 0.25) is 5.91 Å². The summed E-state index contributed by atoms with van der Waals surface area (Å²) in [5.41, 5.74) is 6.84. The summed E-state index contributed by atoms with van der Waals surface area (Å²) < 4.78 is 0. The number of nitrogens with zero attached hydrogens (tertiary/aromatic N) is 1. The largest absolute Gasteiger partial charge is 0.347 e. The third-order valence-corrected chi connectivity index (χ3v) is 6.27. The van der Waals surface area contributed by atoms with Crippen LogP contribution in [0.25, 0.3) is 0 Å². The van der Waals surface area contributed by atoms with Crippen molar-refractivity contribution in [3.8, 4) is 0 Å². The van der Waals surface area contributed by atoms with Gasteiger partial charge in [-0.2, -0.15) is 0 Å². The Morgan fingerprint density at radius 2 is 1.88 bits per heavy atom. The van der Waals surface area contributed by atoms with E-state index in [1.54, 1.807) is 0 Å². The van der Waals surface area contributed by atoms with E-state index in [0.717, 1.165) is 37.4 Å². The Labute approximate surface area is 152 Å². The minimum atomic E-state index is 0.0519. The van der Waals surface area contributed by atoms with Crippen LogP contribution in [0.2, 0.25) is 0 Å². The van der Waals surface area contributed by atoms with E-state index in [-0.39, 0.29) is 11.9 Å². The van der Waals surface area contributed by atoms with Crippen molar-refractivity contribution < 1.29 is 4.79 Å². The first-order valence-electron chi connectivity index (χ1n) is 10.2. The third-order valence-electron chi connectivity index (χ3n) is 6.27. The highest BCUT2D eigenvalue weighted by Gasteiger charge is 2.30. The maximum Gasteiger partial charge on any atom is 0.220 e. The van der Waals surface area contributed by atoms with Crippen LogP contribution in [0, 0.1) is 17.8 Å². The quantitative estimate of drug-likeness (QED) is 0.787. The summed E-state index contributed by atoms with van der Waals surface area (Å²) in [6.45, 7) is 0.786. The molecule has 2 saturated carbocycles. The molecule has 0 spiro atoms. The first-order chi connectivity index (χ1) is 12.3. The maximum absolute atomic E-state index is 12.6. The lowest BCUT2D eigenvalue weighted by Gasteiger charge is -2.33. The second-order valence-corrected chi connectivity index (χ2v) is 8.01. The SMILES string of the molecule is NCC1CCC(C(NC(=O)CCC2CCCC2)c2ccccn2)CC1. The molecule has 1 unspecified atom stereocenters. The molecule has 0 bridgehead atoms. The lowest BCUT2D eigenvalue weighted by molar-refractivity contribution is -0.122. The molecule has 1 amide bonds. The summed E-state index contributed by atoms with van der Waals surface area (Å²) in [5.74, 6) is 2.09. The van der Waals surface area contributed by atoms with Gasteiger partial charge in [-0.15, -0.1) is 0 Å². The molecular formula is C21H33N3O. The zero-order chi connectivity index (χ0) is 17.5. The van der Waals surface area contributed by atoms with E-state index >= 15 is 0 Å². The van der Waals surface area contributed by atoms with Crippen LogP contribution in [0.5, 0.6) is 0 Å². The van der Waals surface area contributed by atoms with Gasteiger partial charge in [0.15, 0.2) is 0 Å². The maximum atomic E-state index is 12.6. The summed E-state index contributed by atoms with van der Waals surface area (Å²) in [5, 5.41) is 3.33. The van der Waals surface area contributed by atoms with E-state index in [2.05, 4.69) is 16.4 Å². The normalized spacial score (nSPS) is 25.6. The Kier molecular flexibility index (Phi) is 6.85. The molecule has 2 aliphatic carbocycles. The van der Waals surface area contributed by atoms with Gasteiger partial charge in [0.05, 0.1) is 11.7 Å². The number of hydrogen-bond acceptors (Lipinski definition) is 3. The van der Waals surface area contributed by atoms with Crippen LogP contribution in [0.4, 0.5) is 0 Å². The van der Waals surface area contributed by atoms with Gasteiger partial charge >= 0.3 is 0 Å². The molecule has 3 N–H and O–H groups in total. The summed E-state index contributed by atoms with van der Waals surface area (Å²) in [6.07, 6.45) is 13.4. The Morgan fingerprint density at radius 1 is 1.12 bits per heavy atom. The van der Waals surface area contributed by atoms with Gasteiger partial charge in [0, 0.05) is 12.6 Å². The van der Waals surface area contributed by atoms with Gasteiger partial charge in [-0.05, 0) is 68.5 Å². The molecule has 3 rings (SSSR count). The molecule has 0 aliphatic heterocycles. The van der Waals surface area contributed by atoms with Gasteiger partial charge in [-0.3, -0.25) is 9.78 Å². The molecule has 2 fully saturated rings. The van der Waals surface area contributed by atoms with E-state index in [1.807, 2.05) is 18.3 Å². The topological polar surface area (TPSA) is 68.0 Å². The molecule has 1 atom stereocenters. The fourth-order valence-electron chi connectivity index (χ4n) is 4.63. The van der Waals surface area contributed by atoms with Crippen LogP contribution >= 0.6 is 0 Å². The molecule has 25 heavy (non-hydrogen) atoms. The van der Waals surface area contributed by atoms with Gasteiger partial charge in [-0.1, -0.05) is 31.7 Å². The smallest absolute Gasteiger partial charge is 0.220 e. The highest BCUT2D eigenvalue weighted by Crippen LogP contribution is 2.36. The summed E-state index contributed by atoms with van der Waals surface area (Å²) in [6, 6.07) is 6.06. The fourth-order valence-corrected chi connectivity index (χ4v) is 4.63. The van der Waals surface area contributed by atoms with Crippen molar-refractivity contribution in [3.05, 3.63) is 30.1 Å². The van der Waals surface area contributed by atoms with E-state index in [9.17, 15) is 4.79 Å². The van der Waals surface area contributed by atoms with Gasteiger partial charge < -0.3 is 11.1 Å². The van der Waals surface area contributed by atoms with Crippen molar-refractivity contribution >= 4 is 5.91 Å². The molecule has 0 saturated heterocycles. The number of carbonyl (C=O) groups is 1. The fraction of sp³-hybridized carbons (Fsp3) is 0.714. The minimum absolute atomic E-state index is 0.0519. The van der Waals surface area contributed by atoms with E-state index in [0.29, 0.717) is 18.3 Å². The number of carbonyl (C=O) groups excluding carboxylic acids is 1. The molecule has 4 heteroatoms. The number of aromatic nitrogens is 1. The molecule has 2 aliphatic rings. The number of hydrogen-bond donors (Lipinski definition) is 2. The van der Waals surface area contributed by atoms with Crippen molar-refractivity contribution in [3.63, 3.8) is 0 Å². The van der Waals surface area contributed by atoms with Gasteiger partial charge in [0.1, 0.15) is 0 Å². The lowest BCUT2D eigenvalue weighted by atomic mass is 9.77. The Hall–Kier alpha value is -1.42. The molecular weight excluding hydrogens is 310 g/mol. The standard InChI is InChI=1S/C21H33N3O/c22-15-17-8-11-18(12-9-17)21(19-7-3-4-14-23-19)24-20(25)13-10-16-5-1-2-6-16/h3-4,7,14,16-18,21H,1-2,5-6,8-13,15,22H2,(H,24,25). The Balaban J connectivity index is 1.59. The molecule has 1 aromatic rings. The summed E-state index contributed by atoms with van der Waals surface area (Å²) in [4.78, 5) is 17.1. The van der Waals surface area contributed by atoms with E-state index in [4.69, 9.17) is 5.73 Å². The van der Waals surface area contributed by atoms with Crippen LogP contribution in [0.1, 0.15) is 75.9 Å². The molecule has 0 aromatic carbocycles. The van der Waals surface area contributed by atoms with Gasteiger partial charge in [-0.25, -0.2) is 0 Å². The van der Waals surface area contributed by atoms with Crippen LogP contribution in [0.3, 0.4) is 0 Å². The summed E-state index contributed by atoms with van der Waals surface area (Å²) >= 11 is 0. The average molecular weight is 344 g/mol. The number of amides is 1. The van der Waals surface area contributed by atoms with Crippen LogP contribution < -0.4 is 11.1 Å². The van der Waals surface area contributed by atoms with Crippen molar-refractivity contribution in [2.75, 3.05) is 6.54 Å². The summed E-state index contributed by atoms with van der Waals surface area (Å²) in [7, 11) is 0. The second kappa shape index (κ2) is 9.33. The number of nitrogens with one attached hydrogen (secondary N) is 1. The monoisotopic (exact) mass is 343 g/mol. The number of rotatable bonds is 7. The zero-order valence-electron chi connectivity index (χ0n) is 15.3. The predicted octanol–water partition coefficient (Wildman–Crippen LogP) is 3.97. The molecule has 138 valence electrons. The second-order valence-electron chi connectivity index (χ2n) is 8.01. The van der Waals surface area contributed by atoms with E-state index in [1.165, 1.54) is 38.5 Å². The average Bonchev–Trinajstić information content (AvgIpc) is 3.19. The highest BCUT2D eigenvalue weighted by molar-refractivity contribution is 5.76. The van der Waals surface area contributed by atoms with Crippen molar-refractivity contribution in [2.45, 2.75) is 70.3 Å². The molecule has 0 radical (unpaired) electrons. The molecule has 1 aromatic heterocycles. The van der Waals surface area contributed by atoms with Crippen LogP contribution in [0.15, 0.2) is 24.4 Å². The first kappa shape index (κ1) is 18.4.